The topological polar surface area (TPSA) is 69.2 Å². The minimum Gasteiger partial charge on any atom is -0.326 e. The van der Waals surface area contributed by atoms with Gasteiger partial charge in [0.2, 0.25) is 0 Å². The lowest BCUT2D eigenvalue weighted by molar-refractivity contribution is -0.385. The van der Waals surface area contributed by atoms with Crippen LogP contribution in [0.15, 0.2) is 16.6 Å². The molecular formula is C8H9BrN2O2. The third-order valence-electron chi connectivity index (χ3n) is 1.85. The Morgan fingerprint density at radius 3 is 2.69 bits per heavy atom. The molecule has 0 radical (unpaired) electrons. The molecule has 0 aliphatic carbocycles. The van der Waals surface area contributed by atoms with E-state index in [-0.39, 0.29) is 5.69 Å². The smallest absolute Gasteiger partial charge is 0.273 e. The van der Waals surface area contributed by atoms with E-state index in [9.17, 15) is 10.1 Å². The van der Waals surface area contributed by atoms with E-state index in [2.05, 4.69) is 15.9 Å². The van der Waals surface area contributed by atoms with Crippen molar-refractivity contribution in [2.45, 2.75) is 13.5 Å². The van der Waals surface area contributed by atoms with Gasteiger partial charge in [0.1, 0.15) is 0 Å². The Labute approximate surface area is 84.0 Å². The van der Waals surface area contributed by atoms with Crippen molar-refractivity contribution in [1.29, 1.82) is 0 Å². The van der Waals surface area contributed by atoms with Crippen molar-refractivity contribution in [3.05, 3.63) is 37.8 Å². The highest BCUT2D eigenvalue weighted by Gasteiger charge is 2.14. The second kappa shape index (κ2) is 3.85. The molecule has 1 aromatic carbocycles. The van der Waals surface area contributed by atoms with Gasteiger partial charge in [-0.1, -0.05) is 0 Å². The fourth-order valence-electron chi connectivity index (χ4n) is 1.09. The molecule has 1 rings (SSSR count). The van der Waals surface area contributed by atoms with E-state index in [1.165, 1.54) is 6.07 Å². The second-order valence-corrected chi connectivity index (χ2v) is 3.44. The average Bonchev–Trinajstić information content (AvgIpc) is 2.09. The van der Waals surface area contributed by atoms with Gasteiger partial charge in [0.15, 0.2) is 0 Å². The van der Waals surface area contributed by atoms with Crippen LogP contribution >= 0.6 is 15.9 Å². The first kappa shape index (κ1) is 10.1. The lowest BCUT2D eigenvalue weighted by atomic mass is 10.1. The highest BCUT2D eigenvalue weighted by Crippen LogP contribution is 2.28. The van der Waals surface area contributed by atoms with E-state index < -0.39 is 4.92 Å². The van der Waals surface area contributed by atoms with Crippen LogP contribution in [-0.4, -0.2) is 4.92 Å². The van der Waals surface area contributed by atoms with Crippen LogP contribution in [0.2, 0.25) is 0 Å². The summed E-state index contributed by atoms with van der Waals surface area (Å²) in [6, 6.07) is 3.14. The van der Waals surface area contributed by atoms with Crippen molar-refractivity contribution >= 4 is 21.6 Å². The van der Waals surface area contributed by atoms with E-state index >= 15 is 0 Å². The molecule has 5 heteroatoms. The van der Waals surface area contributed by atoms with Gasteiger partial charge in [0, 0.05) is 22.6 Å². The number of nitro benzene ring substituents is 1. The average molecular weight is 245 g/mol. The number of hydrogen-bond donors (Lipinski definition) is 1. The molecule has 0 fully saturated rings. The van der Waals surface area contributed by atoms with Crippen LogP contribution in [0.5, 0.6) is 0 Å². The van der Waals surface area contributed by atoms with Crippen LogP contribution in [0.3, 0.4) is 0 Å². The number of halogens is 1. The third kappa shape index (κ3) is 1.87. The van der Waals surface area contributed by atoms with Crippen LogP contribution in [0, 0.1) is 17.0 Å². The molecule has 0 aromatic heterocycles. The molecule has 0 heterocycles. The molecule has 1 aromatic rings. The zero-order valence-corrected chi connectivity index (χ0v) is 8.67. The molecule has 4 nitrogen and oxygen atoms in total. The van der Waals surface area contributed by atoms with Crippen LogP contribution < -0.4 is 5.73 Å². The Balaban J connectivity index is 3.31. The standard InChI is InChI=1S/C8H9BrN2O2/c1-5-7(11(12)13)3-2-6(4-10)8(5)9/h2-3H,4,10H2,1H3. The molecule has 0 spiro atoms. The van der Waals surface area contributed by atoms with Crippen molar-refractivity contribution in [3.8, 4) is 0 Å². The summed E-state index contributed by atoms with van der Waals surface area (Å²) in [7, 11) is 0. The second-order valence-electron chi connectivity index (χ2n) is 2.64. The van der Waals surface area contributed by atoms with E-state index in [1.54, 1.807) is 13.0 Å². The molecule has 0 saturated heterocycles. The third-order valence-corrected chi connectivity index (χ3v) is 2.96. The zero-order valence-electron chi connectivity index (χ0n) is 7.08. The maximum absolute atomic E-state index is 10.5. The fourth-order valence-corrected chi connectivity index (χ4v) is 1.58. The number of hydrogen-bond acceptors (Lipinski definition) is 3. The van der Waals surface area contributed by atoms with Crippen LogP contribution in [0.1, 0.15) is 11.1 Å². The Morgan fingerprint density at radius 1 is 1.62 bits per heavy atom. The molecule has 70 valence electrons. The molecule has 0 bridgehead atoms. The highest BCUT2D eigenvalue weighted by atomic mass is 79.9. The lowest BCUT2D eigenvalue weighted by Gasteiger charge is -2.04. The zero-order chi connectivity index (χ0) is 10.0. The molecule has 0 atom stereocenters. The number of benzene rings is 1. The van der Waals surface area contributed by atoms with E-state index in [0.29, 0.717) is 12.1 Å². The van der Waals surface area contributed by atoms with Crippen molar-refractivity contribution in [2.75, 3.05) is 0 Å². The van der Waals surface area contributed by atoms with Crippen LogP contribution in [-0.2, 0) is 6.54 Å². The maximum atomic E-state index is 10.5. The first-order chi connectivity index (χ1) is 6.07. The molecule has 13 heavy (non-hydrogen) atoms. The molecule has 0 aliphatic heterocycles. The van der Waals surface area contributed by atoms with Crippen molar-refractivity contribution < 1.29 is 4.92 Å². The molecule has 0 aliphatic rings. The minimum absolute atomic E-state index is 0.115. The summed E-state index contributed by atoms with van der Waals surface area (Å²) in [6.45, 7) is 2.07. The van der Waals surface area contributed by atoms with Crippen molar-refractivity contribution in [3.63, 3.8) is 0 Å². The van der Waals surface area contributed by atoms with Gasteiger partial charge in [-0.15, -0.1) is 0 Å². The van der Waals surface area contributed by atoms with Gasteiger partial charge in [-0.2, -0.15) is 0 Å². The predicted octanol–water partition coefficient (Wildman–Crippen LogP) is 2.12. The summed E-state index contributed by atoms with van der Waals surface area (Å²) in [5, 5.41) is 10.5. The lowest BCUT2D eigenvalue weighted by Crippen LogP contribution is -2.00. The predicted molar refractivity (Wildman–Crippen MR) is 53.4 cm³/mol. The normalized spacial score (nSPS) is 10.1. The first-order valence-electron chi connectivity index (χ1n) is 3.70. The van der Waals surface area contributed by atoms with Gasteiger partial charge < -0.3 is 5.73 Å². The Kier molecular flexibility index (Phi) is 3.00. The monoisotopic (exact) mass is 244 g/mol. The summed E-state index contributed by atoms with van der Waals surface area (Å²) < 4.78 is 0.726. The largest absolute Gasteiger partial charge is 0.326 e. The fraction of sp³-hybridized carbons (Fsp3) is 0.250. The van der Waals surface area contributed by atoms with E-state index in [4.69, 9.17) is 5.73 Å². The maximum Gasteiger partial charge on any atom is 0.273 e. The summed E-state index contributed by atoms with van der Waals surface area (Å²) in [5.74, 6) is 0. The van der Waals surface area contributed by atoms with Gasteiger partial charge in [0.05, 0.1) is 4.92 Å². The quantitative estimate of drug-likeness (QED) is 0.640. The van der Waals surface area contributed by atoms with Crippen molar-refractivity contribution in [1.82, 2.24) is 0 Å². The Bertz CT molecular complexity index is 352. The van der Waals surface area contributed by atoms with Gasteiger partial charge in [-0.25, -0.2) is 0 Å². The summed E-state index contributed by atoms with van der Waals surface area (Å²) in [6.07, 6.45) is 0. The van der Waals surface area contributed by atoms with E-state index in [0.717, 1.165) is 10.0 Å². The van der Waals surface area contributed by atoms with Crippen LogP contribution in [0.4, 0.5) is 5.69 Å². The Morgan fingerprint density at radius 2 is 2.23 bits per heavy atom. The Hall–Kier alpha value is -0.940. The summed E-state index contributed by atoms with van der Waals surface area (Å²) in [4.78, 5) is 10.1. The van der Waals surface area contributed by atoms with Gasteiger partial charge in [-0.05, 0) is 34.5 Å². The van der Waals surface area contributed by atoms with Gasteiger partial charge in [0.25, 0.3) is 5.69 Å². The van der Waals surface area contributed by atoms with Gasteiger partial charge >= 0.3 is 0 Å². The molecule has 2 N–H and O–H groups in total. The number of nitro groups is 1. The van der Waals surface area contributed by atoms with E-state index in [1.807, 2.05) is 0 Å². The SMILES string of the molecule is Cc1c([N+](=O)[O-])ccc(CN)c1Br. The summed E-state index contributed by atoms with van der Waals surface area (Å²) in [5.41, 5.74) is 7.06. The van der Waals surface area contributed by atoms with Gasteiger partial charge in [-0.3, -0.25) is 10.1 Å². The molecule has 0 amide bonds. The molecule has 0 saturated carbocycles. The highest BCUT2D eigenvalue weighted by molar-refractivity contribution is 9.10. The number of nitrogens with zero attached hydrogens (tertiary/aromatic N) is 1. The number of rotatable bonds is 2. The first-order valence-corrected chi connectivity index (χ1v) is 4.49. The van der Waals surface area contributed by atoms with Crippen LogP contribution in [0.25, 0.3) is 0 Å². The molecular weight excluding hydrogens is 236 g/mol. The molecule has 0 unspecified atom stereocenters. The minimum atomic E-state index is -0.402. The summed E-state index contributed by atoms with van der Waals surface area (Å²) >= 11 is 3.28. The van der Waals surface area contributed by atoms with Crippen molar-refractivity contribution in [2.24, 2.45) is 5.73 Å². The number of nitrogens with two attached hydrogens (primary N) is 1.